The third-order valence-electron chi connectivity index (χ3n) is 1.04. The fourth-order valence-corrected chi connectivity index (χ4v) is 0.589. The summed E-state index contributed by atoms with van der Waals surface area (Å²) in [4.78, 5) is 24.0. The minimum Gasteiger partial charge on any atom is -0.307 e. The molecule has 1 aromatic rings. The SMILES string of the molecule is C=Cc1ccccc1.C=O.C=O.C=O.[Mo]. The third kappa shape index (κ3) is 19.2. The first-order valence-corrected chi connectivity index (χ1v) is 3.47. The van der Waals surface area contributed by atoms with Crippen LogP contribution in [0.5, 0.6) is 0 Å². The molecule has 0 N–H and O–H groups in total. The van der Waals surface area contributed by atoms with E-state index in [9.17, 15) is 0 Å². The van der Waals surface area contributed by atoms with Crippen LogP contribution in [0.4, 0.5) is 0 Å². The van der Waals surface area contributed by atoms with Crippen LogP contribution in [-0.2, 0) is 35.4 Å². The predicted octanol–water partition coefficient (Wildman–Crippen LogP) is 1.77. The summed E-state index contributed by atoms with van der Waals surface area (Å²) in [6, 6.07) is 10.0. The second-order valence-corrected chi connectivity index (χ2v) is 1.61. The summed E-state index contributed by atoms with van der Waals surface area (Å²) in [6.07, 6.45) is 1.83. The van der Waals surface area contributed by atoms with Gasteiger partial charge in [-0.3, -0.25) is 0 Å². The molecule has 0 unspecified atom stereocenters. The summed E-state index contributed by atoms with van der Waals surface area (Å²) in [5.74, 6) is 0. The molecule has 0 amide bonds. The topological polar surface area (TPSA) is 51.2 Å². The molecule has 0 aliphatic rings. The van der Waals surface area contributed by atoms with Gasteiger partial charge in [0, 0.05) is 21.1 Å². The van der Waals surface area contributed by atoms with Crippen molar-refractivity contribution >= 4 is 26.4 Å². The predicted molar refractivity (Wildman–Crippen MR) is 57.9 cm³/mol. The third-order valence-corrected chi connectivity index (χ3v) is 1.04. The summed E-state index contributed by atoms with van der Waals surface area (Å²) in [5.41, 5.74) is 1.17. The molecule has 4 heteroatoms. The van der Waals surface area contributed by atoms with Gasteiger partial charge in [-0.25, -0.2) is 0 Å². The second-order valence-electron chi connectivity index (χ2n) is 1.61. The van der Waals surface area contributed by atoms with Crippen LogP contribution < -0.4 is 0 Å². The maximum absolute atomic E-state index is 8.00. The van der Waals surface area contributed by atoms with Gasteiger partial charge in [0.2, 0.25) is 0 Å². The quantitative estimate of drug-likeness (QED) is 0.741. The van der Waals surface area contributed by atoms with E-state index in [2.05, 4.69) is 6.58 Å². The molecule has 0 aliphatic heterocycles. The van der Waals surface area contributed by atoms with Crippen LogP contribution in [-0.4, -0.2) is 20.4 Å². The van der Waals surface area contributed by atoms with Gasteiger partial charge in [0.05, 0.1) is 0 Å². The number of carbonyl (C=O) groups excluding carboxylic acids is 3. The van der Waals surface area contributed by atoms with Gasteiger partial charge < -0.3 is 14.4 Å². The van der Waals surface area contributed by atoms with E-state index in [4.69, 9.17) is 14.4 Å². The van der Waals surface area contributed by atoms with E-state index in [1.54, 1.807) is 0 Å². The molecule has 0 atom stereocenters. The molecule has 0 radical (unpaired) electrons. The molecule has 1 aromatic carbocycles. The number of carbonyl (C=O) groups is 3. The van der Waals surface area contributed by atoms with Gasteiger partial charge in [-0.05, 0) is 5.56 Å². The van der Waals surface area contributed by atoms with E-state index >= 15 is 0 Å². The van der Waals surface area contributed by atoms with Gasteiger partial charge in [0.15, 0.2) is 0 Å². The average Bonchev–Trinajstić information content (AvgIpc) is 2.37. The molecule has 0 bridgehead atoms. The molecular formula is C11H14MoO3. The standard InChI is InChI=1S/C8H8.3CH2O.Mo/c1-2-8-6-4-3-5-7-8;3*1-2;/h2-7H,1H2;3*1H2;. The van der Waals surface area contributed by atoms with Crippen LogP contribution in [0.15, 0.2) is 36.9 Å². The van der Waals surface area contributed by atoms with Crippen molar-refractivity contribution in [2.45, 2.75) is 0 Å². The fraction of sp³-hybridized carbons (Fsp3) is 0. The van der Waals surface area contributed by atoms with Gasteiger partial charge >= 0.3 is 0 Å². The molecule has 0 heterocycles. The van der Waals surface area contributed by atoms with Crippen LogP contribution in [0, 0.1) is 0 Å². The summed E-state index contributed by atoms with van der Waals surface area (Å²) in [6.45, 7) is 9.63. The van der Waals surface area contributed by atoms with E-state index in [1.165, 1.54) is 5.56 Å². The molecule has 0 saturated carbocycles. The number of rotatable bonds is 1. The van der Waals surface area contributed by atoms with Gasteiger partial charge in [0.25, 0.3) is 0 Å². The van der Waals surface area contributed by atoms with Crippen molar-refractivity contribution < 1.29 is 35.4 Å². The van der Waals surface area contributed by atoms with Crippen molar-refractivity contribution in [1.82, 2.24) is 0 Å². The second kappa shape index (κ2) is 29.3. The van der Waals surface area contributed by atoms with E-state index < -0.39 is 0 Å². The van der Waals surface area contributed by atoms with Crippen LogP contribution in [0.2, 0.25) is 0 Å². The van der Waals surface area contributed by atoms with E-state index in [1.807, 2.05) is 56.8 Å². The number of hydrogen-bond acceptors (Lipinski definition) is 3. The zero-order chi connectivity index (χ0) is 11.8. The molecule has 0 spiro atoms. The summed E-state index contributed by atoms with van der Waals surface area (Å²) < 4.78 is 0. The Labute approximate surface area is 104 Å². The normalized spacial score (nSPS) is 5.33. The molecule has 0 fully saturated rings. The molecular weight excluding hydrogens is 276 g/mol. The zero-order valence-corrected chi connectivity index (χ0v) is 10.4. The Morgan fingerprint density at radius 2 is 1.13 bits per heavy atom. The van der Waals surface area contributed by atoms with Gasteiger partial charge in [-0.1, -0.05) is 43.0 Å². The molecule has 3 nitrogen and oxygen atoms in total. The molecule has 0 aromatic heterocycles. The Kier molecular flexibility index (Phi) is 45.9. The van der Waals surface area contributed by atoms with Crippen LogP contribution in [0.25, 0.3) is 6.08 Å². The Bertz CT molecular complexity index is 210. The largest absolute Gasteiger partial charge is 0.307 e. The maximum Gasteiger partial charge on any atom is 0.106 e. The first kappa shape index (κ1) is 23.5. The minimum atomic E-state index is 0. The summed E-state index contributed by atoms with van der Waals surface area (Å²) in [5, 5.41) is 0. The van der Waals surface area contributed by atoms with Gasteiger partial charge in [-0.2, -0.15) is 0 Å². The van der Waals surface area contributed by atoms with E-state index in [0.717, 1.165) is 0 Å². The zero-order valence-electron chi connectivity index (χ0n) is 8.43. The molecule has 1 rings (SSSR count). The monoisotopic (exact) mass is 292 g/mol. The smallest absolute Gasteiger partial charge is 0.106 e. The van der Waals surface area contributed by atoms with Gasteiger partial charge in [0.1, 0.15) is 20.4 Å². The van der Waals surface area contributed by atoms with Crippen molar-refractivity contribution in [3.63, 3.8) is 0 Å². The molecule has 0 aliphatic carbocycles. The Balaban J connectivity index is -0.0000000755. The molecule has 0 saturated heterocycles. The molecule has 15 heavy (non-hydrogen) atoms. The Morgan fingerprint density at radius 1 is 0.800 bits per heavy atom. The van der Waals surface area contributed by atoms with E-state index in [0.29, 0.717) is 0 Å². The number of benzene rings is 1. The summed E-state index contributed by atoms with van der Waals surface area (Å²) >= 11 is 0. The summed E-state index contributed by atoms with van der Waals surface area (Å²) in [7, 11) is 0. The van der Waals surface area contributed by atoms with Crippen molar-refractivity contribution in [2.24, 2.45) is 0 Å². The Morgan fingerprint density at radius 3 is 1.33 bits per heavy atom. The van der Waals surface area contributed by atoms with Crippen molar-refractivity contribution in [3.05, 3.63) is 42.5 Å². The van der Waals surface area contributed by atoms with E-state index in [-0.39, 0.29) is 21.1 Å². The maximum atomic E-state index is 8.00. The van der Waals surface area contributed by atoms with Gasteiger partial charge in [-0.15, -0.1) is 0 Å². The van der Waals surface area contributed by atoms with Crippen LogP contribution in [0.3, 0.4) is 0 Å². The minimum absolute atomic E-state index is 0. The number of hydrogen-bond donors (Lipinski definition) is 0. The van der Waals surface area contributed by atoms with Crippen molar-refractivity contribution in [2.75, 3.05) is 0 Å². The average molecular weight is 290 g/mol. The van der Waals surface area contributed by atoms with Crippen molar-refractivity contribution in [3.8, 4) is 0 Å². The Hall–Kier alpha value is -1.34. The molecule has 82 valence electrons. The fourth-order valence-electron chi connectivity index (χ4n) is 0.589. The van der Waals surface area contributed by atoms with Crippen molar-refractivity contribution in [1.29, 1.82) is 0 Å². The van der Waals surface area contributed by atoms with Crippen LogP contribution in [0.1, 0.15) is 5.56 Å². The van der Waals surface area contributed by atoms with Crippen LogP contribution >= 0.6 is 0 Å². The first-order valence-electron chi connectivity index (χ1n) is 3.47. The first-order chi connectivity index (χ1) is 6.93.